The predicted octanol–water partition coefficient (Wildman–Crippen LogP) is 4.14. The second-order valence-electron chi connectivity index (χ2n) is 4.15. The average molecular weight is 283 g/mol. The van der Waals surface area contributed by atoms with Gasteiger partial charge in [0.2, 0.25) is 0 Å². The Bertz CT molecular complexity index is 839. The molecule has 4 rings (SSSR count). The Morgan fingerprint density at radius 3 is 2.18 bits per heavy atom. The Balaban J connectivity index is 2.48. The molecule has 17 heavy (non-hydrogen) atoms. The highest BCUT2D eigenvalue weighted by molar-refractivity contribution is 9.10. The Labute approximate surface area is 106 Å². The zero-order valence-electron chi connectivity index (χ0n) is 8.81. The molecule has 0 N–H and O–H groups in total. The van der Waals surface area contributed by atoms with Gasteiger partial charge in [0.15, 0.2) is 0 Å². The molecule has 2 nitrogen and oxygen atoms in total. The van der Waals surface area contributed by atoms with Crippen LogP contribution in [0.4, 0.5) is 0 Å². The highest BCUT2D eigenvalue weighted by Gasteiger charge is 2.10. The molecule has 0 fully saturated rings. The number of nitrogens with zero attached hydrogens (tertiary/aromatic N) is 2. The SMILES string of the molecule is Brc1ncc2ccc3cncc4ccc1c2c34. The van der Waals surface area contributed by atoms with Gasteiger partial charge in [0.25, 0.3) is 0 Å². The van der Waals surface area contributed by atoms with Gasteiger partial charge in [0.05, 0.1) is 0 Å². The molecule has 0 aliphatic carbocycles. The van der Waals surface area contributed by atoms with Gasteiger partial charge < -0.3 is 0 Å². The van der Waals surface area contributed by atoms with E-state index in [1.165, 1.54) is 26.9 Å². The summed E-state index contributed by atoms with van der Waals surface area (Å²) in [4.78, 5) is 8.63. The Hall–Kier alpha value is -1.74. The van der Waals surface area contributed by atoms with E-state index in [0.29, 0.717) is 0 Å². The summed E-state index contributed by atoms with van der Waals surface area (Å²) in [5.41, 5.74) is 0. The highest BCUT2D eigenvalue weighted by atomic mass is 79.9. The van der Waals surface area contributed by atoms with Gasteiger partial charge in [-0.15, -0.1) is 0 Å². The summed E-state index contributed by atoms with van der Waals surface area (Å²) in [5, 5.41) is 7.24. The summed E-state index contributed by atoms with van der Waals surface area (Å²) in [5.74, 6) is 0. The number of halogens is 1. The average Bonchev–Trinajstić information content (AvgIpc) is 2.38. The first-order valence-electron chi connectivity index (χ1n) is 5.37. The molecule has 0 spiro atoms. The normalized spacial score (nSPS) is 11.8. The number of hydrogen-bond donors (Lipinski definition) is 0. The van der Waals surface area contributed by atoms with Crippen LogP contribution in [0.5, 0.6) is 0 Å². The molecule has 0 saturated carbocycles. The minimum Gasteiger partial charge on any atom is -0.263 e. The topological polar surface area (TPSA) is 25.8 Å². The molecule has 2 aromatic carbocycles. The van der Waals surface area contributed by atoms with Crippen LogP contribution in [0.25, 0.3) is 32.3 Å². The second kappa shape index (κ2) is 3.14. The zero-order chi connectivity index (χ0) is 11.4. The van der Waals surface area contributed by atoms with E-state index in [2.05, 4.69) is 50.2 Å². The van der Waals surface area contributed by atoms with E-state index >= 15 is 0 Å². The van der Waals surface area contributed by atoms with Crippen molar-refractivity contribution in [1.29, 1.82) is 0 Å². The van der Waals surface area contributed by atoms with Gasteiger partial charge in [-0.25, -0.2) is 4.98 Å². The molecule has 0 aliphatic rings. The summed E-state index contributed by atoms with van der Waals surface area (Å²) >= 11 is 3.51. The van der Waals surface area contributed by atoms with Crippen LogP contribution in [0.1, 0.15) is 0 Å². The Morgan fingerprint density at radius 2 is 1.41 bits per heavy atom. The maximum Gasteiger partial charge on any atom is 0.113 e. The van der Waals surface area contributed by atoms with Gasteiger partial charge in [0.1, 0.15) is 4.60 Å². The summed E-state index contributed by atoms with van der Waals surface area (Å²) < 4.78 is 0.899. The summed E-state index contributed by atoms with van der Waals surface area (Å²) in [7, 11) is 0. The van der Waals surface area contributed by atoms with Crippen molar-refractivity contribution in [3.63, 3.8) is 0 Å². The standard InChI is InChI=1S/C14H7BrN2/c15-14-11-4-3-9-6-16-5-8-1-2-10(7-17-14)13(11)12(8)9/h1-7H. The van der Waals surface area contributed by atoms with Crippen LogP contribution in [0, 0.1) is 0 Å². The predicted molar refractivity (Wildman–Crippen MR) is 73.4 cm³/mol. The molecule has 2 heterocycles. The third kappa shape index (κ3) is 1.15. The molecule has 2 aromatic heterocycles. The Kier molecular flexibility index (Phi) is 1.72. The lowest BCUT2D eigenvalue weighted by Gasteiger charge is -2.10. The fourth-order valence-corrected chi connectivity index (χ4v) is 2.90. The number of hydrogen-bond acceptors (Lipinski definition) is 2. The number of aromatic nitrogens is 2. The number of pyridine rings is 2. The zero-order valence-corrected chi connectivity index (χ0v) is 10.4. The molecule has 4 aromatic rings. The van der Waals surface area contributed by atoms with Gasteiger partial charge in [-0.3, -0.25) is 4.98 Å². The van der Waals surface area contributed by atoms with Gasteiger partial charge >= 0.3 is 0 Å². The van der Waals surface area contributed by atoms with Gasteiger partial charge in [-0.05, 0) is 15.9 Å². The van der Waals surface area contributed by atoms with Crippen molar-refractivity contribution in [3.8, 4) is 0 Å². The number of rotatable bonds is 0. The monoisotopic (exact) mass is 282 g/mol. The molecule has 0 aliphatic heterocycles. The first-order chi connectivity index (χ1) is 8.34. The van der Waals surface area contributed by atoms with Crippen molar-refractivity contribution in [2.24, 2.45) is 0 Å². The molecule has 0 atom stereocenters. The van der Waals surface area contributed by atoms with Crippen LogP contribution in [0.3, 0.4) is 0 Å². The highest BCUT2D eigenvalue weighted by Crippen LogP contribution is 2.35. The molecule has 0 unspecified atom stereocenters. The van der Waals surface area contributed by atoms with Crippen LogP contribution in [0.15, 0.2) is 47.5 Å². The van der Waals surface area contributed by atoms with E-state index in [0.717, 1.165) is 9.99 Å². The minimum absolute atomic E-state index is 0.899. The lowest BCUT2D eigenvalue weighted by Crippen LogP contribution is -1.87. The van der Waals surface area contributed by atoms with Gasteiger partial charge in [0, 0.05) is 50.9 Å². The van der Waals surface area contributed by atoms with E-state index in [9.17, 15) is 0 Å². The van der Waals surface area contributed by atoms with Crippen molar-refractivity contribution in [3.05, 3.63) is 47.5 Å². The van der Waals surface area contributed by atoms with E-state index in [1.807, 2.05) is 18.6 Å². The maximum atomic E-state index is 4.36. The molecule has 0 radical (unpaired) electrons. The first-order valence-corrected chi connectivity index (χ1v) is 6.17. The third-order valence-electron chi connectivity index (χ3n) is 3.22. The van der Waals surface area contributed by atoms with Crippen LogP contribution in [0.2, 0.25) is 0 Å². The van der Waals surface area contributed by atoms with Crippen LogP contribution < -0.4 is 0 Å². The largest absolute Gasteiger partial charge is 0.263 e. The van der Waals surface area contributed by atoms with Crippen molar-refractivity contribution in [1.82, 2.24) is 9.97 Å². The van der Waals surface area contributed by atoms with Gasteiger partial charge in [-0.1, -0.05) is 24.3 Å². The van der Waals surface area contributed by atoms with Crippen molar-refractivity contribution in [2.75, 3.05) is 0 Å². The summed E-state index contributed by atoms with van der Waals surface area (Å²) in [6.07, 6.45) is 5.73. The molecule has 0 saturated heterocycles. The molecule has 3 heteroatoms. The van der Waals surface area contributed by atoms with E-state index in [1.54, 1.807) is 0 Å². The van der Waals surface area contributed by atoms with E-state index < -0.39 is 0 Å². The molecule has 0 amide bonds. The van der Waals surface area contributed by atoms with Crippen molar-refractivity contribution < 1.29 is 0 Å². The second-order valence-corrected chi connectivity index (χ2v) is 4.90. The fraction of sp³-hybridized carbons (Fsp3) is 0. The maximum absolute atomic E-state index is 4.36. The van der Waals surface area contributed by atoms with E-state index in [4.69, 9.17) is 0 Å². The first kappa shape index (κ1) is 9.31. The fourth-order valence-electron chi connectivity index (χ4n) is 2.46. The van der Waals surface area contributed by atoms with Crippen LogP contribution in [-0.2, 0) is 0 Å². The van der Waals surface area contributed by atoms with Crippen LogP contribution in [-0.4, -0.2) is 9.97 Å². The third-order valence-corrected chi connectivity index (χ3v) is 3.86. The minimum atomic E-state index is 0.899. The lowest BCUT2D eigenvalue weighted by molar-refractivity contribution is 1.33. The summed E-state index contributed by atoms with van der Waals surface area (Å²) in [6.45, 7) is 0. The molecule has 80 valence electrons. The van der Waals surface area contributed by atoms with Crippen molar-refractivity contribution >= 4 is 48.2 Å². The summed E-state index contributed by atoms with van der Waals surface area (Å²) in [6, 6.07) is 8.41. The molecular weight excluding hydrogens is 276 g/mol. The number of benzene rings is 2. The molecule has 0 bridgehead atoms. The smallest absolute Gasteiger partial charge is 0.113 e. The quantitative estimate of drug-likeness (QED) is 0.358. The lowest BCUT2D eigenvalue weighted by atomic mass is 9.98. The van der Waals surface area contributed by atoms with Crippen molar-refractivity contribution in [2.45, 2.75) is 0 Å². The van der Waals surface area contributed by atoms with E-state index in [-0.39, 0.29) is 0 Å². The Morgan fingerprint density at radius 1 is 0.765 bits per heavy atom. The molecular formula is C14H7BrN2. The van der Waals surface area contributed by atoms with Gasteiger partial charge in [-0.2, -0.15) is 0 Å². The van der Waals surface area contributed by atoms with Crippen LogP contribution >= 0.6 is 15.9 Å².